The van der Waals surface area contributed by atoms with Gasteiger partial charge in [-0.1, -0.05) is 18.2 Å². The smallest absolute Gasteiger partial charge is 0.161 e. The van der Waals surface area contributed by atoms with Crippen molar-refractivity contribution in [1.29, 1.82) is 0 Å². The Hall–Kier alpha value is -2.31. The molecular weight excluding hydrogens is 256 g/mol. The molecule has 2 aromatic heterocycles. The molecule has 0 saturated heterocycles. The molecule has 6 heteroatoms. The molecule has 20 heavy (non-hydrogen) atoms. The van der Waals surface area contributed by atoms with E-state index in [0.29, 0.717) is 5.75 Å². The van der Waals surface area contributed by atoms with Crippen molar-refractivity contribution in [3.8, 4) is 5.75 Å². The molecular formula is C14H16N4O2. The lowest BCUT2D eigenvalue weighted by molar-refractivity contribution is 0.401. The summed E-state index contributed by atoms with van der Waals surface area (Å²) >= 11 is 0. The summed E-state index contributed by atoms with van der Waals surface area (Å²) in [6.45, 7) is 0. The maximum atomic E-state index is 5.75. The number of aryl methyl sites for hydroxylation is 1. The normalized spacial score (nSPS) is 12.8. The van der Waals surface area contributed by atoms with Crippen LogP contribution in [-0.2, 0) is 7.05 Å². The van der Waals surface area contributed by atoms with Gasteiger partial charge in [0.15, 0.2) is 5.75 Å². The molecule has 0 spiro atoms. The van der Waals surface area contributed by atoms with Gasteiger partial charge in [0.1, 0.15) is 11.3 Å². The summed E-state index contributed by atoms with van der Waals surface area (Å²) in [4.78, 5) is 0. The largest absolute Gasteiger partial charge is 0.493 e. The Balaban J connectivity index is 2.16. The summed E-state index contributed by atoms with van der Waals surface area (Å²) in [5.74, 6) is 6.43. The molecule has 0 aliphatic carbocycles. The van der Waals surface area contributed by atoms with Crippen LogP contribution in [0.2, 0.25) is 0 Å². The number of aromatic nitrogens is 2. The van der Waals surface area contributed by atoms with Gasteiger partial charge in [-0.3, -0.25) is 10.5 Å². The van der Waals surface area contributed by atoms with Crippen LogP contribution in [0.5, 0.6) is 5.75 Å². The van der Waals surface area contributed by atoms with Gasteiger partial charge in [-0.2, -0.15) is 5.10 Å². The van der Waals surface area contributed by atoms with Gasteiger partial charge in [-0.15, -0.1) is 0 Å². The molecule has 104 valence electrons. The SMILES string of the molecule is COc1cnn(C)c1C(NN)c1coc2ccccc12. The second-order valence-electron chi connectivity index (χ2n) is 4.51. The number of furan rings is 1. The number of ether oxygens (including phenoxy) is 1. The van der Waals surface area contributed by atoms with Crippen LogP contribution in [0, 0.1) is 0 Å². The summed E-state index contributed by atoms with van der Waals surface area (Å²) in [5, 5.41) is 5.22. The third-order valence-electron chi connectivity index (χ3n) is 3.43. The van der Waals surface area contributed by atoms with Gasteiger partial charge < -0.3 is 9.15 Å². The van der Waals surface area contributed by atoms with E-state index in [2.05, 4.69) is 10.5 Å². The van der Waals surface area contributed by atoms with Gasteiger partial charge in [0, 0.05) is 18.0 Å². The van der Waals surface area contributed by atoms with E-state index in [9.17, 15) is 0 Å². The maximum Gasteiger partial charge on any atom is 0.161 e. The number of nitrogens with one attached hydrogen (secondary N) is 1. The molecule has 3 rings (SSSR count). The van der Waals surface area contributed by atoms with E-state index in [1.807, 2.05) is 31.3 Å². The standard InChI is InChI=1S/C14H16N4O2/c1-18-14(12(19-2)7-16-18)13(17-15)10-8-20-11-6-4-3-5-9(10)11/h3-8,13,17H,15H2,1-2H3. The van der Waals surface area contributed by atoms with E-state index in [-0.39, 0.29) is 6.04 Å². The van der Waals surface area contributed by atoms with E-state index in [1.54, 1.807) is 24.3 Å². The predicted octanol–water partition coefficient (Wildman–Crippen LogP) is 1.73. The molecule has 2 heterocycles. The van der Waals surface area contributed by atoms with Crippen molar-refractivity contribution in [3.63, 3.8) is 0 Å². The van der Waals surface area contributed by atoms with Crippen LogP contribution in [0.1, 0.15) is 17.3 Å². The average Bonchev–Trinajstić information content (AvgIpc) is 3.06. The van der Waals surface area contributed by atoms with E-state index in [0.717, 1.165) is 22.2 Å². The van der Waals surface area contributed by atoms with Crippen LogP contribution in [-0.4, -0.2) is 16.9 Å². The van der Waals surface area contributed by atoms with Crippen molar-refractivity contribution in [1.82, 2.24) is 15.2 Å². The lowest BCUT2D eigenvalue weighted by Gasteiger charge is -2.16. The first-order valence-electron chi connectivity index (χ1n) is 6.24. The molecule has 0 aliphatic rings. The van der Waals surface area contributed by atoms with Gasteiger partial charge >= 0.3 is 0 Å². The maximum absolute atomic E-state index is 5.75. The van der Waals surface area contributed by atoms with Crippen molar-refractivity contribution in [2.45, 2.75) is 6.04 Å². The van der Waals surface area contributed by atoms with E-state index in [4.69, 9.17) is 15.0 Å². The number of rotatable bonds is 4. The Morgan fingerprint density at radius 3 is 2.95 bits per heavy atom. The minimum Gasteiger partial charge on any atom is -0.493 e. The summed E-state index contributed by atoms with van der Waals surface area (Å²) in [6, 6.07) is 7.57. The Morgan fingerprint density at radius 1 is 1.40 bits per heavy atom. The number of nitrogens with two attached hydrogens (primary N) is 1. The molecule has 0 radical (unpaired) electrons. The van der Waals surface area contributed by atoms with Crippen molar-refractivity contribution < 1.29 is 9.15 Å². The van der Waals surface area contributed by atoms with Gasteiger partial charge in [-0.05, 0) is 6.07 Å². The van der Waals surface area contributed by atoms with Gasteiger partial charge in [0.2, 0.25) is 0 Å². The van der Waals surface area contributed by atoms with Crippen LogP contribution < -0.4 is 16.0 Å². The molecule has 1 atom stereocenters. The fraction of sp³-hybridized carbons (Fsp3) is 0.214. The molecule has 0 bridgehead atoms. The minimum atomic E-state index is -0.263. The monoisotopic (exact) mass is 272 g/mol. The lowest BCUT2D eigenvalue weighted by atomic mass is 10.0. The highest BCUT2D eigenvalue weighted by Crippen LogP contribution is 2.33. The molecule has 3 aromatic rings. The fourth-order valence-corrected chi connectivity index (χ4v) is 2.45. The quantitative estimate of drug-likeness (QED) is 0.558. The zero-order chi connectivity index (χ0) is 14.1. The molecule has 3 N–H and O–H groups in total. The molecule has 0 amide bonds. The highest BCUT2D eigenvalue weighted by Gasteiger charge is 2.24. The molecule has 1 aromatic carbocycles. The lowest BCUT2D eigenvalue weighted by Crippen LogP contribution is -2.30. The number of fused-ring (bicyclic) bond motifs is 1. The Labute approximate surface area is 116 Å². The van der Waals surface area contributed by atoms with Crippen molar-refractivity contribution >= 4 is 11.0 Å². The van der Waals surface area contributed by atoms with Gasteiger partial charge in [-0.25, -0.2) is 5.43 Å². The van der Waals surface area contributed by atoms with Crippen molar-refractivity contribution in [2.75, 3.05) is 7.11 Å². The van der Waals surface area contributed by atoms with Gasteiger partial charge in [0.05, 0.1) is 25.6 Å². The topological polar surface area (TPSA) is 78.2 Å². The molecule has 6 nitrogen and oxygen atoms in total. The van der Waals surface area contributed by atoms with Crippen molar-refractivity contribution in [3.05, 3.63) is 48.0 Å². The van der Waals surface area contributed by atoms with Crippen LogP contribution in [0.25, 0.3) is 11.0 Å². The van der Waals surface area contributed by atoms with E-state index < -0.39 is 0 Å². The highest BCUT2D eigenvalue weighted by atomic mass is 16.5. The average molecular weight is 272 g/mol. The fourth-order valence-electron chi connectivity index (χ4n) is 2.45. The van der Waals surface area contributed by atoms with Crippen LogP contribution >= 0.6 is 0 Å². The second kappa shape index (κ2) is 4.99. The summed E-state index contributed by atoms with van der Waals surface area (Å²) in [5.41, 5.74) is 5.43. The second-order valence-corrected chi connectivity index (χ2v) is 4.51. The molecule has 0 saturated carbocycles. The third kappa shape index (κ3) is 1.86. The first-order chi connectivity index (χ1) is 9.76. The first kappa shape index (κ1) is 12.7. The number of hydrogen-bond donors (Lipinski definition) is 2. The molecule has 0 aliphatic heterocycles. The van der Waals surface area contributed by atoms with Crippen LogP contribution in [0.3, 0.4) is 0 Å². The zero-order valence-corrected chi connectivity index (χ0v) is 11.3. The summed E-state index contributed by atoms with van der Waals surface area (Å²) < 4.78 is 12.7. The van der Waals surface area contributed by atoms with Crippen LogP contribution in [0.4, 0.5) is 0 Å². The summed E-state index contributed by atoms with van der Waals surface area (Å²) in [6.07, 6.45) is 3.38. The minimum absolute atomic E-state index is 0.263. The van der Waals surface area contributed by atoms with Crippen LogP contribution in [0.15, 0.2) is 41.1 Å². The number of nitrogens with zero attached hydrogens (tertiary/aromatic N) is 2. The number of hydrazine groups is 1. The Kier molecular flexibility index (Phi) is 3.17. The third-order valence-corrected chi connectivity index (χ3v) is 3.43. The highest BCUT2D eigenvalue weighted by molar-refractivity contribution is 5.82. The predicted molar refractivity (Wildman–Crippen MR) is 75.1 cm³/mol. The van der Waals surface area contributed by atoms with E-state index in [1.165, 1.54) is 0 Å². The number of benzene rings is 1. The Morgan fingerprint density at radius 2 is 2.20 bits per heavy atom. The molecule has 1 unspecified atom stereocenters. The number of para-hydroxylation sites is 1. The van der Waals surface area contributed by atoms with Crippen molar-refractivity contribution in [2.24, 2.45) is 12.9 Å². The van der Waals surface area contributed by atoms with E-state index >= 15 is 0 Å². The Bertz CT molecular complexity index is 732. The number of methoxy groups -OCH3 is 1. The molecule has 0 fully saturated rings. The number of hydrogen-bond acceptors (Lipinski definition) is 5. The first-order valence-corrected chi connectivity index (χ1v) is 6.24. The van der Waals surface area contributed by atoms with Gasteiger partial charge in [0.25, 0.3) is 0 Å². The zero-order valence-electron chi connectivity index (χ0n) is 11.3. The summed E-state index contributed by atoms with van der Waals surface area (Å²) in [7, 11) is 3.46.